The first-order valence-electron chi connectivity index (χ1n) is 4.36. The lowest BCUT2D eigenvalue weighted by atomic mass is 10.1. The Morgan fingerprint density at radius 1 is 1.50 bits per heavy atom. The molecule has 0 bridgehead atoms. The zero-order valence-corrected chi connectivity index (χ0v) is 10.7. The van der Waals surface area contributed by atoms with Crippen LogP contribution in [-0.2, 0) is 9.59 Å². The second-order valence-electron chi connectivity index (χ2n) is 3.14. The third-order valence-corrected chi connectivity index (χ3v) is 2.79. The maximum Gasteiger partial charge on any atom is 0.330 e. The monoisotopic (exact) mass is 305 g/mol. The van der Waals surface area contributed by atoms with Crippen LogP contribution in [0.2, 0.25) is 5.02 Å². The lowest BCUT2D eigenvalue weighted by Crippen LogP contribution is -2.32. The van der Waals surface area contributed by atoms with Crippen LogP contribution >= 0.6 is 27.5 Å². The molecule has 0 radical (unpaired) electrons. The quantitative estimate of drug-likeness (QED) is 0.901. The van der Waals surface area contributed by atoms with Crippen molar-refractivity contribution in [2.24, 2.45) is 0 Å². The van der Waals surface area contributed by atoms with Crippen molar-refractivity contribution in [3.05, 3.63) is 33.3 Å². The lowest BCUT2D eigenvalue weighted by Gasteiger charge is -2.15. The van der Waals surface area contributed by atoms with Crippen LogP contribution in [0.15, 0.2) is 22.7 Å². The van der Waals surface area contributed by atoms with E-state index in [1.54, 1.807) is 18.2 Å². The molecule has 1 aromatic rings. The Hall–Kier alpha value is -1.07. The molecule has 1 unspecified atom stereocenters. The molecule has 0 aliphatic heterocycles. The van der Waals surface area contributed by atoms with E-state index in [0.717, 1.165) is 0 Å². The highest BCUT2D eigenvalue weighted by molar-refractivity contribution is 9.10. The molecular formula is C10H9BrClNO3. The fourth-order valence-electron chi connectivity index (χ4n) is 1.21. The number of carbonyl (C=O) groups excluding carboxylic acids is 1. The van der Waals surface area contributed by atoms with Gasteiger partial charge in [0.25, 0.3) is 0 Å². The van der Waals surface area contributed by atoms with E-state index in [0.29, 0.717) is 15.1 Å². The van der Waals surface area contributed by atoms with Gasteiger partial charge in [-0.1, -0.05) is 33.6 Å². The molecule has 0 spiro atoms. The summed E-state index contributed by atoms with van der Waals surface area (Å²) in [5.41, 5.74) is 0.451. The van der Waals surface area contributed by atoms with E-state index in [1.807, 2.05) is 0 Å². The number of amides is 1. The fraction of sp³-hybridized carbons (Fsp3) is 0.200. The van der Waals surface area contributed by atoms with E-state index in [1.165, 1.54) is 6.92 Å². The van der Waals surface area contributed by atoms with Crippen molar-refractivity contribution >= 4 is 39.4 Å². The molecule has 0 heterocycles. The molecule has 4 nitrogen and oxygen atoms in total. The molecule has 86 valence electrons. The minimum Gasteiger partial charge on any atom is -0.479 e. The average molecular weight is 307 g/mol. The van der Waals surface area contributed by atoms with Gasteiger partial charge >= 0.3 is 5.97 Å². The number of hydrogen-bond acceptors (Lipinski definition) is 2. The van der Waals surface area contributed by atoms with Gasteiger partial charge in [-0.3, -0.25) is 4.79 Å². The second-order valence-corrected chi connectivity index (χ2v) is 4.43. The normalized spacial score (nSPS) is 11.9. The summed E-state index contributed by atoms with van der Waals surface area (Å²) in [4.78, 5) is 21.9. The second kappa shape index (κ2) is 5.32. The molecule has 2 N–H and O–H groups in total. The van der Waals surface area contributed by atoms with Crippen LogP contribution in [0, 0.1) is 0 Å². The van der Waals surface area contributed by atoms with Crippen molar-refractivity contribution in [1.29, 1.82) is 0 Å². The number of benzene rings is 1. The first-order chi connectivity index (χ1) is 7.41. The Bertz CT molecular complexity index is 436. The van der Waals surface area contributed by atoms with Gasteiger partial charge in [-0.05, 0) is 17.7 Å². The zero-order chi connectivity index (χ0) is 12.3. The number of rotatable bonds is 3. The topological polar surface area (TPSA) is 66.4 Å². The first-order valence-corrected chi connectivity index (χ1v) is 5.53. The van der Waals surface area contributed by atoms with Gasteiger partial charge in [0.1, 0.15) is 0 Å². The first kappa shape index (κ1) is 13.0. The highest BCUT2D eigenvalue weighted by atomic mass is 79.9. The van der Waals surface area contributed by atoms with Crippen molar-refractivity contribution < 1.29 is 14.7 Å². The molecule has 0 saturated carbocycles. The minimum atomic E-state index is -1.13. The van der Waals surface area contributed by atoms with Crippen LogP contribution in [0.5, 0.6) is 0 Å². The number of hydrogen-bond donors (Lipinski definition) is 2. The Balaban J connectivity index is 3.10. The Morgan fingerprint density at radius 2 is 2.12 bits per heavy atom. The molecule has 1 atom stereocenters. The van der Waals surface area contributed by atoms with Gasteiger partial charge in [0, 0.05) is 16.4 Å². The van der Waals surface area contributed by atoms with Gasteiger partial charge in [-0.25, -0.2) is 4.79 Å². The molecule has 6 heteroatoms. The summed E-state index contributed by atoms with van der Waals surface area (Å²) in [5.74, 6) is -1.53. The van der Waals surface area contributed by atoms with E-state index >= 15 is 0 Å². The van der Waals surface area contributed by atoms with Crippen LogP contribution < -0.4 is 5.32 Å². The molecule has 0 saturated heterocycles. The molecule has 0 aromatic heterocycles. The molecule has 1 amide bonds. The zero-order valence-electron chi connectivity index (χ0n) is 8.33. The van der Waals surface area contributed by atoms with Gasteiger partial charge in [-0.15, -0.1) is 0 Å². The summed E-state index contributed by atoms with van der Waals surface area (Å²) >= 11 is 8.95. The van der Waals surface area contributed by atoms with Crippen LogP contribution in [0.4, 0.5) is 0 Å². The Kier molecular flexibility index (Phi) is 4.32. The van der Waals surface area contributed by atoms with Crippen LogP contribution in [0.3, 0.4) is 0 Å². The highest BCUT2D eigenvalue weighted by Crippen LogP contribution is 2.26. The number of nitrogens with one attached hydrogen (secondary N) is 1. The van der Waals surface area contributed by atoms with Crippen LogP contribution in [-0.4, -0.2) is 17.0 Å². The molecule has 0 aliphatic rings. The summed E-state index contributed by atoms with van der Waals surface area (Å²) in [7, 11) is 0. The average Bonchev–Trinajstić information content (AvgIpc) is 2.14. The largest absolute Gasteiger partial charge is 0.479 e. The van der Waals surface area contributed by atoms with Gasteiger partial charge in [0.2, 0.25) is 5.91 Å². The molecule has 0 aliphatic carbocycles. The van der Waals surface area contributed by atoms with E-state index in [2.05, 4.69) is 21.2 Å². The van der Waals surface area contributed by atoms with Crippen molar-refractivity contribution in [2.45, 2.75) is 13.0 Å². The van der Waals surface area contributed by atoms with E-state index in [4.69, 9.17) is 16.7 Å². The number of aliphatic carboxylic acids is 1. The van der Waals surface area contributed by atoms with Crippen molar-refractivity contribution in [3.63, 3.8) is 0 Å². The predicted octanol–water partition coefficient (Wildman–Crippen LogP) is 2.36. The van der Waals surface area contributed by atoms with Crippen molar-refractivity contribution in [1.82, 2.24) is 5.32 Å². The standard InChI is InChI=1S/C10H9BrClNO3/c1-5(14)13-9(10(15)16)7-3-2-6(12)4-8(7)11/h2-4,9H,1H3,(H,13,14)(H,15,16). The Labute approximate surface area is 106 Å². The third kappa shape index (κ3) is 3.21. The Morgan fingerprint density at radius 3 is 2.56 bits per heavy atom. The molecule has 0 fully saturated rings. The van der Waals surface area contributed by atoms with Gasteiger partial charge < -0.3 is 10.4 Å². The van der Waals surface area contributed by atoms with E-state index < -0.39 is 17.9 Å². The molecular weight excluding hydrogens is 297 g/mol. The summed E-state index contributed by atoms with van der Waals surface area (Å²) in [6.07, 6.45) is 0. The maximum atomic E-state index is 11.0. The summed E-state index contributed by atoms with van der Waals surface area (Å²) < 4.78 is 0.543. The number of halogens is 2. The molecule has 1 rings (SSSR count). The third-order valence-electron chi connectivity index (χ3n) is 1.87. The van der Waals surface area contributed by atoms with E-state index in [9.17, 15) is 9.59 Å². The molecule has 16 heavy (non-hydrogen) atoms. The fourth-order valence-corrected chi connectivity index (χ4v) is 2.12. The summed E-state index contributed by atoms with van der Waals surface area (Å²) in [6, 6.07) is 3.62. The van der Waals surface area contributed by atoms with Gasteiger partial charge in [0.15, 0.2) is 6.04 Å². The SMILES string of the molecule is CC(=O)NC(C(=O)O)c1ccc(Cl)cc1Br. The summed E-state index contributed by atoms with van der Waals surface area (Å²) in [5, 5.41) is 11.8. The minimum absolute atomic E-state index is 0.408. The lowest BCUT2D eigenvalue weighted by molar-refractivity contribution is -0.141. The maximum absolute atomic E-state index is 11.0. The van der Waals surface area contributed by atoms with Crippen molar-refractivity contribution in [2.75, 3.05) is 0 Å². The number of carboxylic acid groups (broad SMARTS) is 1. The predicted molar refractivity (Wildman–Crippen MR) is 63.3 cm³/mol. The van der Waals surface area contributed by atoms with E-state index in [-0.39, 0.29) is 0 Å². The summed E-state index contributed by atoms with van der Waals surface area (Å²) in [6.45, 7) is 1.26. The van der Waals surface area contributed by atoms with Gasteiger partial charge in [0.05, 0.1) is 0 Å². The van der Waals surface area contributed by atoms with Crippen molar-refractivity contribution in [3.8, 4) is 0 Å². The highest BCUT2D eigenvalue weighted by Gasteiger charge is 2.22. The van der Waals surface area contributed by atoms with Crippen LogP contribution in [0.25, 0.3) is 0 Å². The van der Waals surface area contributed by atoms with Crippen LogP contribution in [0.1, 0.15) is 18.5 Å². The molecule has 1 aromatic carbocycles. The smallest absolute Gasteiger partial charge is 0.330 e. The number of carboxylic acids is 1. The number of carbonyl (C=O) groups is 2. The van der Waals surface area contributed by atoms with Gasteiger partial charge in [-0.2, -0.15) is 0 Å².